The zero-order valence-corrected chi connectivity index (χ0v) is 31.2. The van der Waals surface area contributed by atoms with E-state index in [0.717, 1.165) is 41.5 Å². The zero-order chi connectivity index (χ0) is 37.0. The lowest BCUT2D eigenvalue weighted by atomic mass is 9.99. The molecular weight excluding hydrogens is 665 g/mol. The summed E-state index contributed by atoms with van der Waals surface area (Å²) >= 11 is 0. The van der Waals surface area contributed by atoms with Crippen LogP contribution in [0.5, 0.6) is 5.75 Å². The van der Waals surface area contributed by atoms with Crippen molar-refractivity contribution in [1.82, 2.24) is 20.3 Å². The van der Waals surface area contributed by atoms with Gasteiger partial charge in [0, 0.05) is 31.3 Å². The van der Waals surface area contributed by atoms with E-state index < -0.39 is 39.8 Å². The largest absolute Gasteiger partial charge is 0.497 e. The molecule has 10 nitrogen and oxygen atoms in total. The topological polar surface area (TPSA) is 134 Å². The van der Waals surface area contributed by atoms with E-state index in [1.807, 2.05) is 75.4 Å². The summed E-state index contributed by atoms with van der Waals surface area (Å²) < 4.78 is 20.4. The van der Waals surface area contributed by atoms with Gasteiger partial charge < -0.3 is 20.7 Å². The minimum atomic E-state index is -1.39. The molecule has 1 aliphatic rings. The van der Waals surface area contributed by atoms with Gasteiger partial charge in [-0.1, -0.05) is 86.5 Å². The summed E-state index contributed by atoms with van der Waals surface area (Å²) in [6.45, 7) is 8.57. The quantitative estimate of drug-likeness (QED) is 0.183. The molecule has 1 saturated heterocycles. The number of carbonyl (C=O) groups excluding carboxylic acids is 4. The van der Waals surface area contributed by atoms with Gasteiger partial charge in [0.1, 0.15) is 34.6 Å². The average molecular weight is 717 g/mol. The molecule has 0 radical (unpaired) electrons. The third-order valence-corrected chi connectivity index (χ3v) is 10.9. The third kappa shape index (κ3) is 11.9. The van der Waals surface area contributed by atoms with Gasteiger partial charge in [0.05, 0.1) is 25.3 Å². The zero-order valence-electron chi connectivity index (χ0n) is 30.4. The molecule has 0 aliphatic carbocycles. The number of hydrogen-bond donors (Lipinski definition) is 3. The highest BCUT2D eigenvalue weighted by Gasteiger charge is 2.39. The van der Waals surface area contributed by atoms with Crippen molar-refractivity contribution in [3.63, 3.8) is 0 Å². The van der Waals surface area contributed by atoms with Crippen LogP contribution in [0, 0.1) is 0 Å². The van der Waals surface area contributed by atoms with Gasteiger partial charge in [0.15, 0.2) is 0 Å². The first-order valence-corrected chi connectivity index (χ1v) is 18.9. The summed E-state index contributed by atoms with van der Waals surface area (Å²) in [7, 11) is 0.190. The van der Waals surface area contributed by atoms with Gasteiger partial charge >= 0.3 is 0 Å². The second kappa shape index (κ2) is 18.8. The van der Waals surface area contributed by atoms with Gasteiger partial charge in [-0.15, -0.1) is 0 Å². The number of unbranched alkanes of at least 4 members (excludes halogenated alkanes) is 2. The Bertz CT molecular complexity index is 1640. The SMILES string of the molecule is CCCCCNC(=O)[C@H](Cc1ccc(C2CC(=O)CN(C(C)(C)C)S2=O)cc1)NC(=O)C(Cc1ccccc1)NC(=O)Cc1ccc(OC)cc1. The summed E-state index contributed by atoms with van der Waals surface area (Å²) in [6.07, 6.45) is 3.50. The van der Waals surface area contributed by atoms with Gasteiger partial charge in [-0.05, 0) is 61.6 Å². The van der Waals surface area contributed by atoms with E-state index in [-0.39, 0.29) is 49.8 Å². The molecule has 51 heavy (non-hydrogen) atoms. The predicted octanol–water partition coefficient (Wildman–Crippen LogP) is 4.78. The first-order valence-electron chi connectivity index (χ1n) is 17.7. The van der Waals surface area contributed by atoms with Crippen LogP contribution >= 0.6 is 0 Å². The first kappa shape index (κ1) is 39.4. The highest BCUT2D eigenvalue weighted by molar-refractivity contribution is 7.83. The lowest BCUT2D eigenvalue weighted by molar-refractivity contribution is -0.132. The fourth-order valence-corrected chi connectivity index (χ4v) is 7.83. The maximum atomic E-state index is 13.9. The maximum absolute atomic E-state index is 13.9. The molecule has 4 rings (SSSR count). The third-order valence-electron chi connectivity index (χ3n) is 8.90. The Morgan fingerprint density at radius 2 is 1.45 bits per heavy atom. The molecule has 3 aromatic rings. The van der Waals surface area contributed by atoms with E-state index in [9.17, 15) is 23.4 Å². The molecule has 0 bridgehead atoms. The number of Topliss-reactive ketones (excluding diaryl/α,β-unsaturated/α-hetero) is 1. The highest BCUT2D eigenvalue weighted by Crippen LogP contribution is 2.34. The number of ketones is 1. The molecule has 1 aliphatic heterocycles. The molecule has 1 heterocycles. The number of rotatable bonds is 16. The number of carbonyl (C=O) groups is 4. The Hall–Kier alpha value is -4.35. The van der Waals surface area contributed by atoms with Crippen molar-refractivity contribution in [2.75, 3.05) is 20.2 Å². The molecule has 1 fully saturated rings. The Morgan fingerprint density at radius 3 is 2.06 bits per heavy atom. The van der Waals surface area contributed by atoms with Crippen molar-refractivity contribution in [1.29, 1.82) is 0 Å². The van der Waals surface area contributed by atoms with Crippen LogP contribution in [0.3, 0.4) is 0 Å². The second-order valence-electron chi connectivity index (χ2n) is 14.1. The molecule has 0 spiro atoms. The lowest BCUT2D eigenvalue weighted by Crippen LogP contribution is -2.55. The van der Waals surface area contributed by atoms with Crippen LogP contribution in [0.1, 0.15) is 80.9 Å². The molecule has 11 heteroatoms. The lowest BCUT2D eigenvalue weighted by Gasteiger charge is -2.39. The second-order valence-corrected chi connectivity index (χ2v) is 15.6. The van der Waals surface area contributed by atoms with Crippen LogP contribution in [0.2, 0.25) is 0 Å². The number of amides is 3. The van der Waals surface area contributed by atoms with Gasteiger partial charge in [-0.3, -0.25) is 19.2 Å². The molecule has 0 saturated carbocycles. The number of methoxy groups -OCH3 is 1. The van der Waals surface area contributed by atoms with Crippen LogP contribution in [0.15, 0.2) is 78.9 Å². The number of nitrogens with zero attached hydrogens (tertiary/aromatic N) is 1. The van der Waals surface area contributed by atoms with Crippen molar-refractivity contribution in [2.24, 2.45) is 0 Å². The summed E-state index contributed by atoms with van der Waals surface area (Å²) in [5.74, 6) is -0.379. The van der Waals surface area contributed by atoms with Crippen LogP contribution in [0.25, 0.3) is 0 Å². The molecule has 3 aromatic carbocycles. The average Bonchev–Trinajstić information content (AvgIpc) is 3.11. The van der Waals surface area contributed by atoms with Gasteiger partial charge in [-0.2, -0.15) is 0 Å². The van der Waals surface area contributed by atoms with E-state index in [4.69, 9.17) is 4.74 Å². The maximum Gasteiger partial charge on any atom is 0.243 e. The van der Waals surface area contributed by atoms with Crippen LogP contribution in [-0.4, -0.2) is 69.8 Å². The van der Waals surface area contributed by atoms with E-state index >= 15 is 0 Å². The summed E-state index contributed by atoms with van der Waals surface area (Å²) in [5.41, 5.74) is 2.78. The summed E-state index contributed by atoms with van der Waals surface area (Å²) in [4.78, 5) is 53.4. The normalized spacial score (nSPS) is 17.6. The van der Waals surface area contributed by atoms with Crippen LogP contribution in [0.4, 0.5) is 0 Å². The summed E-state index contributed by atoms with van der Waals surface area (Å²) in [6, 6.07) is 22.2. The smallest absolute Gasteiger partial charge is 0.243 e. The van der Waals surface area contributed by atoms with Gasteiger partial charge in [0.2, 0.25) is 17.7 Å². The minimum absolute atomic E-state index is 0.0438. The highest BCUT2D eigenvalue weighted by atomic mass is 32.2. The van der Waals surface area contributed by atoms with Crippen LogP contribution in [-0.2, 0) is 49.4 Å². The predicted molar refractivity (Wildman–Crippen MR) is 200 cm³/mol. The number of nitrogens with one attached hydrogen (secondary N) is 3. The van der Waals surface area contributed by atoms with Crippen molar-refractivity contribution in [2.45, 2.75) is 95.5 Å². The number of benzene rings is 3. The molecule has 3 amide bonds. The number of hydrogen-bond acceptors (Lipinski definition) is 6. The van der Waals surface area contributed by atoms with Crippen molar-refractivity contribution in [3.05, 3.63) is 101 Å². The Morgan fingerprint density at radius 1 is 0.843 bits per heavy atom. The van der Waals surface area contributed by atoms with E-state index in [1.54, 1.807) is 35.7 Å². The monoisotopic (exact) mass is 716 g/mol. The van der Waals surface area contributed by atoms with Gasteiger partial charge in [-0.25, -0.2) is 8.51 Å². The molecular formula is C40H52N4O6S. The van der Waals surface area contributed by atoms with E-state index in [0.29, 0.717) is 12.3 Å². The van der Waals surface area contributed by atoms with Crippen LogP contribution < -0.4 is 20.7 Å². The summed E-state index contributed by atoms with van der Waals surface area (Å²) in [5, 5.41) is 8.36. The Labute approximate surface area is 304 Å². The first-order chi connectivity index (χ1) is 24.4. The van der Waals surface area contributed by atoms with E-state index in [2.05, 4.69) is 22.9 Å². The standard InChI is InChI=1S/C40H52N4O6S/c1-6-7-11-22-41-38(47)34(24-29-14-18-31(19-15-29)36-26-32(45)27-44(51(36)49)40(2,3)4)43-39(48)35(23-28-12-9-8-10-13-28)42-37(46)25-30-16-20-33(50-5)21-17-30/h8-10,12-21,34-36H,6-7,11,22-27H2,1-5H3,(H,41,47)(H,42,46)(H,43,48)/t34-,35?,36?,51?/m0/s1. The minimum Gasteiger partial charge on any atom is -0.497 e. The van der Waals surface area contributed by atoms with Gasteiger partial charge in [0.25, 0.3) is 0 Å². The molecule has 3 N–H and O–H groups in total. The van der Waals surface area contributed by atoms with E-state index in [1.165, 1.54) is 0 Å². The Kier molecular flexibility index (Phi) is 14.5. The van der Waals surface area contributed by atoms with Crippen molar-refractivity contribution < 1.29 is 28.1 Å². The molecule has 274 valence electrons. The molecule has 0 aromatic heterocycles. The fraction of sp³-hybridized carbons (Fsp3) is 0.450. The number of ether oxygens (including phenoxy) is 1. The molecule has 3 unspecified atom stereocenters. The van der Waals surface area contributed by atoms with Crippen molar-refractivity contribution >= 4 is 34.5 Å². The fourth-order valence-electron chi connectivity index (χ4n) is 5.99. The molecule has 4 atom stereocenters. The Balaban J connectivity index is 1.52. The van der Waals surface area contributed by atoms with Crippen molar-refractivity contribution in [3.8, 4) is 5.75 Å².